The number of carbonyl (C=O) groups is 2. The Morgan fingerprint density at radius 3 is 2.64 bits per heavy atom. The molecule has 0 spiro atoms. The van der Waals surface area contributed by atoms with Crippen LogP contribution in [0.1, 0.15) is 25.2 Å². The van der Waals surface area contributed by atoms with Gasteiger partial charge >= 0.3 is 0 Å². The molecule has 2 amide bonds. The molecule has 0 atom stereocenters. The molecule has 0 fully saturated rings. The molecule has 8 nitrogen and oxygen atoms in total. The molecule has 8 heteroatoms. The van der Waals surface area contributed by atoms with Crippen molar-refractivity contribution < 1.29 is 9.59 Å². The van der Waals surface area contributed by atoms with E-state index >= 15 is 0 Å². The molecule has 0 aliphatic heterocycles. The number of anilines is 2. The minimum Gasteiger partial charge on any atom is -0.326 e. The zero-order chi connectivity index (χ0) is 16.1. The van der Waals surface area contributed by atoms with E-state index in [0.717, 1.165) is 12.0 Å². The van der Waals surface area contributed by atoms with Gasteiger partial charge in [0.05, 0.1) is 6.42 Å². The van der Waals surface area contributed by atoms with Gasteiger partial charge in [-0.05, 0) is 34.5 Å². The van der Waals surface area contributed by atoms with Crippen molar-refractivity contribution in [1.82, 2.24) is 20.2 Å². The highest BCUT2D eigenvalue weighted by Crippen LogP contribution is 2.22. The molecule has 0 saturated carbocycles. The first kappa shape index (κ1) is 15.6. The van der Waals surface area contributed by atoms with Gasteiger partial charge in [0.25, 0.3) is 0 Å². The fraction of sp³-hybridized carbons (Fsp3) is 0.357. The number of aromatic nitrogens is 4. The molecule has 2 aromatic rings. The second-order valence-electron chi connectivity index (χ2n) is 4.85. The molecular formula is C14H18N6O2. The van der Waals surface area contributed by atoms with Gasteiger partial charge in [-0.1, -0.05) is 13.0 Å². The molecule has 2 rings (SSSR count). The Balaban J connectivity index is 2.14. The maximum absolute atomic E-state index is 12.1. The van der Waals surface area contributed by atoms with Gasteiger partial charge in [0.1, 0.15) is 0 Å². The molecule has 116 valence electrons. The van der Waals surface area contributed by atoms with E-state index < -0.39 is 0 Å². The Labute approximate surface area is 127 Å². The average Bonchev–Trinajstić information content (AvgIpc) is 2.84. The molecule has 0 aliphatic rings. The largest absolute Gasteiger partial charge is 0.326 e. The van der Waals surface area contributed by atoms with Crippen LogP contribution in [0.25, 0.3) is 0 Å². The summed E-state index contributed by atoms with van der Waals surface area (Å²) in [5.74, 6) is 0.104. The Hall–Kier alpha value is -2.77. The second-order valence-corrected chi connectivity index (χ2v) is 4.85. The van der Waals surface area contributed by atoms with Crippen LogP contribution in [0.5, 0.6) is 0 Å². The van der Waals surface area contributed by atoms with E-state index in [1.54, 1.807) is 13.1 Å². The molecule has 0 unspecified atom stereocenters. The van der Waals surface area contributed by atoms with Gasteiger partial charge in [-0.2, -0.15) is 0 Å². The van der Waals surface area contributed by atoms with Crippen molar-refractivity contribution in [2.75, 3.05) is 10.6 Å². The van der Waals surface area contributed by atoms with E-state index in [4.69, 9.17) is 0 Å². The topological polar surface area (TPSA) is 102 Å². The summed E-state index contributed by atoms with van der Waals surface area (Å²) < 4.78 is 1.45. The van der Waals surface area contributed by atoms with E-state index in [2.05, 4.69) is 26.2 Å². The van der Waals surface area contributed by atoms with E-state index in [9.17, 15) is 9.59 Å². The molecular weight excluding hydrogens is 284 g/mol. The number of hydrogen-bond acceptors (Lipinski definition) is 5. The molecule has 1 aromatic heterocycles. The van der Waals surface area contributed by atoms with Crippen LogP contribution in [-0.2, 0) is 29.5 Å². The van der Waals surface area contributed by atoms with Crippen LogP contribution in [0.3, 0.4) is 0 Å². The number of rotatable bonds is 5. The van der Waals surface area contributed by atoms with Gasteiger partial charge in [0.15, 0.2) is 5.82 Å². The first-order valence-corrected chi connectivity index (χ1v) is 6.91. The summed E-state index contributed by atoms with van der Waals surface area (Å²) in [6, 6.07) is 5.43. The standard InChI is InChI=1S/C14H18N6O2/c1-4-10-5-6-11(15-9(2)21)7-12(10)16-14(22)8-13-17-18-19-20(13)3/h5-7H,4,8H2,1-3H3,(H,15,21)(H,16,22). The summed E-state index contributed by atoms with van der Waals surface area (Å²) in [6.45, 7) is 3.43. The number of aryl methyl sites for hydroxylation is 2. The maximum Gasteiger partial charge on any atom is 0.232 e. The van der Waals surface area contributed by atoms with Crippen molar-refractivity contribution in [3.63, 3.8) is 0 Å². The highest BCUT2D eigenvalue weighted by molar-refractivity contribution is 5.94. The van der Waals surface area contributed by atoms with Crippen molar-refractivity contribution in [2.45, 2.75) is 26.7 Å². The smallest absolute Gasteiger partial charge is 0.232 e. The number of amides is 2. The van der Waals surface area contributed by atoms with Crippen molar-refractivity contribution >= 4 is 23.2 Å². The summed E-state index contributed by atoms with van der Waals surface area (Å²) in [6.07, 6.45) is 0.846. The zero-order valence-corrected chi connectivity index (χ0v) is 12.8. The van der Waals surface area contributed by atoms with Crippen molar-refractivity contribution in [3.8, 4) is 0 Å². The number of hydrogen-bond donors (Lipinski definition) is 2. The summed E-state index contributed by atoms with van der Waals surface area (Å²) >= 11 is 0. The Kier molecular flexibility index (Phi) is 4.82. The third-order valence-corrected chi connectivity index (χ3v) is 3.11. The van der Waals surface area contributed by atoms with E-state index in [0.29, 0.717) is 17.2 Å². The number of nitrogens with zero attached hydrogens (tertiary/aromatic N) is 4. The lowest BCUT2D eigenvalue weighted by Crippen LogP contribution is -2.18. The molecule has 0 aliphatic carbocycles. The van der Waals surface area contributed by atoms with Crippen LogP contribution in [0.15, 0.2) is 18.2 Å². The molecule has 22 heavy (non-hydrogen) atoms. The summed E-state index contributed by atoms with van der Waals surface area (Å²) in [5, 5.41) is 16.5. The number of benzene rings is 1. The molecule has 0 saturated heterocycles. The van der Waals surface area contributed by atoms with Crippen molar-refractivity contribution in [1.29, 1.82) is 0 Å². The third-order valence-electron chi connectivity index (χ3n) is 3.11. The Bertz CT molecular complexity index is 694. The zero-order valence-electron chi connectivity index (χ0n) is 12.8. The normalized spacial score (nSPS) is 10.3. The summed E-state index contributed by atoms with van der Waals surface area (Å²) in [5.41, 5.74) is 2.30. The van der Waals surface area contributed by atoms with Crippen LogP contribution in [0.2, 0.25) is 0 Å². The van der Waals surface area contributed by atoms with E-state index in [-0.39, 0.29) is 18.2 Å². The van der Waals surface area contributed by atoms with Gasteiger partial charge < -0.3 is 10.6 Å². The van der Waals surface area contributed by atoms with Gasteiger partial charge in [-0.3, -0.25) is 9.59 Å². The monoisotopic (exact) mass is 302 g/mol. The lowest BCUT2D eigenvalue weighted by molar-refractivity contribution is -0.116. The molecule has 1 heterocycles. The number of tetrazole rings is 1. The quantitative estimate of drug-likeness (QED) is 0.855. The fourth-order valence-corrected chi connectivity index (χ4v) is 2.02. The Morgan fingerprint density at radius 1 is 1.27 bits per heavy atom. The highest BCUT2D eigenvalue weighted by atomic mass is 16.2. The second kappa shape index (κ2) is 6.79. The first-order valence-electron chi connectivity index (χ1n) is 6.91. The van der Waals surface area contributed by atoms with Crippen LogP contribution >= 0.6 is 0 Å². The third kappa shape index (κ3) is 3.87. The highest BCUT2D eigenvalue weighted by Gasteiger charge is 2.12. The lowest BCUT2D eigenvalue weighted by atomic mass is 10.1. The van der Waals surface area contributed by atoms with E-state index in [1.165, 1.54) is 11.6 Å². The minimum absolute atomic E-state index is 0.0804. The molecule has 0 radical (unpaired) electrons. The lowest BCUT2D eigenvalue weighted by Gasteiger charge is -2.12. The van der Waals surface area contributed by atoms with Crippen LogP contribution < -0.4 is 10.6 Å². The van der Waals surface area contributed by atoms with Crippen molar-refractivity contribution in [3.05, 3.63) is 29.6 Å². The van der Waals surface area contributed by atoms with Gasteiger partial charge in [0, 0.05) is 25.3 Å². The Morgan fingerprint density at radius 2 is 2.05 bits per heavy atom. The van der Waals surface area contributed by atoms with Crippen LogP contribution in [-0.4, -0.2) is 32.0 Å². The van der Waals surface area contributed by atoms with Gasteiger partial charge in [-0.15, -0.1) is 5.10 Å². The van der Waals surface area contributed by atoms with E-state index in [1.807, 2.05) is 19.1 Å². The maximum atomic E-state index is 12.1. The average molecular weight is 302 g/mol. The predicted octanol–water partition coefficient (Wildman–Crippen LogP) is 0.912. The fourth-order valence-electron chi connectivity index (χ4n) is 2.02. The number of nitrogens with one attached hydrogen (secondary N) is 2. The van der Waals surface area contributed by atoms with Gasteiger partial charge in [0.2, 0.25) is 11.8 Å². The summed E-state index contributed by atoms with van der Waals surface area (Å²) in [4.78, 5) is 23.3. The minimum atomic E-state index is -0.215. The van der Waals surface area contributed by atoms with Crippen LogP contribution in [0.4, 0.5) is 11.4 Å². The predicted molar refractivity (Wildman–Crippen MR) is 81.3 cm³/mol. The summed E-state index contributed by atoms with van der Waals surface area (Å²) in [7, 11) is 1.68. The van der Waals surface area contributed by atoms with Crippen LogP contribution in [0, 0.1) is 0 Å². The molecule has 0 bridgehead atoms. The van der Waals surface area contributed by atoms with Crippen molar-refractivity contribution in [2.24, 2.45) is 7.05 Å². The SMILES string of the molecule is CCc1ccc(NC(C)=O)cc1NC(=O)Cc1nnnn1C. The molecule has 1 aromatic carbocycles. The molecule has 2 N–H and O–H groups in total. The van der Waals surface area contributed by atoms with Gasteiger partial charge in [-0.25, -0.2) is 4.68 Å². The first-order chi connectivity index (χ1) is 10.5. The number of carbonyl (C=O) groups excluding carboxylic acids is 2.